The van der Waals surface area contributed by atoms with E-state index >= 15 is 0 Å². The van der Waals surface area contributed by atoms with Crippen LogP contribution in [0.2, 0.25) is 5.15 Å². The number of rotatable bonds is 4. The Hall–Kier alpha value is -3.19. The van der Waals surface area contributed by atoms with Gasteiger partial charge in [-0.25, -0.2) is 14.2 Å². The molecular weight excluding hydrogens is 397 g/mol. The van der Waals surface area contributed by atoms with Gasteiger partial charge in [-0.3, -0.25) is 10.1 Å². The summed E-state index contributed by atoms with van der Waals surface area (Å²) in [6, 6.07) is 5.98. The third-order valence-electron chi connectivity index (χ3n) is 4.37. The Bertz CT molecular complexity index is 1200. The van der Waals surface area contributed by atoms with Crippen molar-refractivity contribution in [1.82, 2.24) is 9.55 Å². The third kappa shape index (κ3) is 4.14. The molecule has 3 rings (SSSR count). The number of amides is 1. The minimum Gasteiger partial charge on any atom is -0.416 e. The van der Waals surface area contributed by atoms with E-state index in [-0.39, 0.29) is 22.2 Å². The zero-order chi connectivity index (χ0) is 21.3. The maximum absolute atomic E-state index is 14.4. The zero-order valence-corrected chi connectivity index (χ0v) is 16.9. The Morgan fingerprint density at radius 3 is 2.69 bits per heavy atom. The van der Waals surface area contributed by atoms with Crippen molar-refractivity contribution >= 4 is 34.3 Å². The van der Waals surface area contributed by atoms with Crippen LogP contribution in [0.1, 0.15) is 19.4 Å². The van der Waals surface area contributed by atoms with Gasteiger partial charge < -0.3 is 9.30 Å². The molecule has 0 fully saturated rings. The number of hydrogen-bond acceptors (Lipinski definition) is 4. The van der Waals surface area contributed by atoms with Crippen LogP contribution in [-0.4, -0.2) is 15.6 Å². The fraction of sp³-hybridized carbons (Fsp3) is 0.190. The summed E-state index contributed by atoms with van der Waals surface area (Å²) in [6.45, 7) is 8.92. The monoisotopic (exact) mass is 415 g/mol. The lowest BCUT2D eigenvalue weighted by Crippen LogP contribution is -2.22. The molecule has 29 heavy (non-hydrogen) atoms. The lowest BCUT2D eigenvalue weighted by molar-refractivity contribution is 0.192. The quantitative estimate of drug-likeness (QED) is 0.465. The van der Waals surface area contributed by atoms with Crippen molar-refractivity contribution < 1.29 is 13.9 Å². The largest absolute Gasteiger partial charge is 0.416 e. The van der Waals surface area contributed by atoms with Gasteiger partial charge in [0.25, 0.3) is 5.56 Å². The highest BCUT2D eigenvalue weighted by Gasteiger charge is 2.17. The van der Waals surface area contributed by atoms with Crippen LogP contribution in [0.15, 0.2) is 47.6 Å². The molecule has 0 atom stereocenters. The average Bonchev–Trinajstić information content (AvgIpc) is 2.63. The average molecular weight is 416 g/mol. The molecule has 0 spiro atoms. The SMILES string of the molecule is C=C(C)OC(=O)Nc1cc(-c2cc3cnc(Cl)cc3n(CC)c2=O)c(C)cc1F. The number of carbonyl (C=O) groups excluding carboxylic acids is 1. The normalized spacial score (nSPS) is 10.8. The topological polar surface area (TPSA) is 73.2 Å². The lowest BCUT2D eigenvalue weighted by Gasteiger charge is -2.15. The van der Waals surface area contributed by atoms with Gasteiger partial charge in [0.15, 0.2) is 0 Å². The molecule has 0 saturated heterocycles. The molecule has 6 nitrogen and oxygen atoms in total. The van der Waals surface area contributed by atoms with E-state index in [0.29, 0.717) is 34.1 Å². The predicted octanol–water partition coefficient (Wildman–Crippen LogP) is 5.27. The van der Waals surface area contributed by atoms with Crippen molar-refractivity contribution in [3.05, 3.63) is 69.7 Å². The van der Waals surface area contributed by atoms with Crippen molar-refractivity contribution in [2.75, 3.05) is 5.32 Å². The van der Waals surface area contributed by atoms with Crippen molar-refractivity contribution in [3.8, 4) is 11.1 Å². The van der Waals surface area contributed by atoms with Crippen LogP contribution in [0.3, 0.4) is 0 Å². The molecule has 3 aromatic rings. The van der Waals surface area contributed by atoms with Crippen LogP contribution in [0, 0.1) is 12.7 Å². The minimum atomic E-state index is -0.866. The number of ether oxygens (including phenoxy) is 1. The number of allylic oxidation sites excluding steroid dienone is 1. The number of fused-ring (bicyclic) bond motifs is 1. The number of nitrogens with one attached hydrogen (secondary N) is 1. The van der Waals surface area contributed by atoms with Gasteiger partial charge in [0.05, 0.1) is 17.0 Å². The molecule has 0 aliphatic heterocycles. The van der Waals surface area contributed by atoms with Gasteiger partial charge in [-0.1, -0.05) is 18.2 Å². The molecule has 2 heterocycles. The Kier molecular flexibility index (Phi) is 5.70. The maximum Gasteiger partial charge on any atom is 0.416 e. The summed E-state index contributed by atoms with van der Waals surface area (Å²) in [5.41, 5.74) is 1.69. The van der Waals surface area contributed by atoms with E-state index in [0.717, 1.165) is 0 Å². The maximum atomic E-state index is 14.4. The summed E-state index contributed by atoms with van der Waals surface area (Å²) < 4.78 is 20.8. The number of aryl methyl sites for hydroxylation is 2. The minimum absolute atomic E-state index is 0.103. The molecule has 0 bridgehead atoms. The number of aromatic nitrogens is 2. The van der Waals surface area contributed by atoms with E-state index in [9.17, 15) is 14.0 Å². The number of nitrogens with zero attached hydrogens (tertiary/aromatic N) is 2. The van der Waals surface area contributed by atoms with Gasteiger partial charge in [0, 0.05) is 23.7 Å². The van der Waals surface area contributed by atoms with E-state index in [1.54, 1.807) is 29.8 Å². The van der Waals surface area contributed by atoms with Crippen LogP contribution in [0.4, 0.5) is 14.9 Å². The van der Waals surface area contributed by atoms with Crippen molar-refractivity contribution in [3.63, 3.8) is 0 Å². The molecule has 0 aliphatic rings. The molecule has 8 heteroatoms. The van der Waals surface area contributed by atoms with Gasteiger partial charge in [0.1, 0.15) is 11.0 Å². The van der Waals surface area contributed by atoms with Crippen molar-refractivity contribution in [2.45, 2.75) is 27.3 Å². The predicted molar refractivity (Wildman–Crippen MR) is 112 cm³/mol. The van der Waals surface area contributed by atoms with Gasteiger partial charge in [-0.05, 0) is 56.2 Å². The summed E-state index contributed by atoms with van der Waals surface area (Å²) >= 11 is 5.98. The molecule has 0 aliphatic carbocycles. The fourth-order valence-electron chi connectivity index (χ4n) is 3.11. The van der Waals surface area contributed by atoms with E-state index < -0.39 is 11.9 Å². The van der Waals surface area contributed by atoms with Crippen LogP contribution < -0.4 is 10.9 Å². The molecule has 0 radical (unpaired) electrons. The van der Waals surface area contributed by atoms with Crippen LogP contribution in [0.25, 0.3) is 22.0 Å². The summed E-state index contributed by atoms with van der Waals surface area (Å²) in [5, 5.41) is 3.33. The number of halogens is 2. The van der Waals surface area contributed by atoms with Crippen LogP contribution in [0.5, 0.6) is 0 Å². The molecular formula is C21H19ClFN3O3. The Morgan fingerprint density at radius 1 is 1.31 bits per heavy atom. The van der Waals surface area contributed by atoms with E-state index in [4.69, 9.17) is 16.3 Å². The van der Waals surface area contributed by atoms with E-state index in [1.807, 2.05) is 6.92 Å². The van der Waals surface area contributed by atoms with E-state index in [2.05, 4.69) is 16.9 Å². The summed E-state index contributed by atoms with van der Waals surface area (Å²) in [5.74, 6) is -0.475. The second kappa shape index (κ2) is 8.05. The first kappa shape index (κ1) is 20.5. The van der Waals surface area contributed by atoms with Gasteiger partial charge in [0.2, 0.25) is 0 Å². The number of anilines is 1. The number of benzene rings is 1. The molecule has 0 saturated carbocycles. The molecule has 1 aromatic carbocycles. The highest BCUT2D eigenvalue weighted by Crippen LogP contribution is 2.29. The molecule has 1 N–H and O–H groups in total. The van der Waals surface area contributed by atoms with Crippen molar-refractivity contribution in [1.29, 1.82) is 0 Å². The molecule has 0 unspecified atom stereocenters. The van der Waals surface area contributed by atoms with Gasteiger partial charge in [-0.15, -0.1) is 0 Å². The Balaban J connectivity index is 2.19. The van der Waals surface area contributed by atoms with E-state index in [1.165, 1.54) is 19.1 Å². The Labute approximate surface area is 171 Å². The van der Waals surface area contributed by atoms with Gasteiger partial charge >= 0.3 is 6.09 Å². The van der Waals surface area contributed by atoms with Crippen LogP contribution >= 0.6 is 11.6 Å². The Morgan fingerprint density at radius 2 is 2.03 bits per heavy atom. The number of pyridine rings is 2. The second-order valence-electron chi connectivity index (χ2n) is 6.54. The first-order valence-corrected chi connectivity index (χ1v) is 9.23. The highest BCUT2D eigenvalue weighted by atomic mass is 35.5. The smallest absolute Gasteiger partial charge is 0.416 e. The standard InChI is InChI=1S/C21H19ClFN3O3/c1-5-26-18-9-19(22)24-10-13(18)7-15(20(26)27)14-8-17(16(23)6-12(14)4)25-21(28)29-11(2)3/h6-10H,2,5H2,1,3-4H3,(H,25,28). The van der Waals surface area contributed by atoms with Crippen LogP contribution in [-0.2, 0) is 11.3 Å². The number of hydrogen-bond donors (Lipinski definition) is 1. The first-order chi connectivity index (χ1) is 13.7. The second-order valence-corrected chi connectivity index (χ2v) is 6.92. The molecule has 2 aromatic heterocycles. The van der Waals surface area contributed by atoms with Gasteiger partial charge in [-0.2, -0.15) is 0 Å². The fourth-order valence-corrected chi connectivity index (χ4v) is 3.26. The highest BCUT2D eigenvalue weighted by molar-refractivity contribution is 6.30. The molecule has 150 valence electrons. The lowest BCUT2D eigenvalue weighted by atomic mass is 9.99. The third-order valence-corrected chi connectivity index (χ3v) is 4.58. The summed E-state index contributed by atoms with van der Waals surface area (Å²) in [4.78, 5) is 29.0. The number of carbonyl (C=O) groups is 1. The summed E-state index contributed by atoms with van der Waals surface area (Å²) in [7, 11) is 0. The first-order valence-electron chi connectivity index (χ1n) is 8.85. The summed E-state index contributed by atoms with van der Waals surface area (Å²) in [6.07, 6.45) is 0.712. The molecule has 1 amide bonds. The van der Waals surface area contributed by atoms with Crippen molar-refractivity contribution in [2.24, 2.45) is 0 Å². The zero-order valence-electron chi connectivity index (χ0n) is 16.2.